The van der Waals surface area contributed by atoms with Crippen LogP contribution in [0.4, 0.5) is 11.6 Å². The highest BCUT2D eigenvalue weighted by Crippen LogP contribution is 2.30. The topological polar surface area (TPSA) is 122 Å². The Morgan fingerprint density at radius 2 is 1.31 bits per heavy atom. The van der Waals surface area contributed by atoms with Crippen LogP contribution < -0.4 is 9.80 Å². The molecule has 2 aliphatic rings. The molecule has 2 fully saturated rings. The van der Waals surface area contributed by atoms with E-state index in [9.17, 15) is 4.79 Å². The maximum absolute atomic E-state index is 10.7. The van der Waals surface area contributed by atoms with Crippen molar-refractivity contribution in [3.8, 4) is 0 Å². The van der Waals surface area contributed by atoms with Gasteiger partial charge in [-0.2, -0.15) is 9.97 Å². The number of aliphatic hydroxyl groups excluding tert-OH is 1. The summed E-state index contributed by atoms with van der Waals surface area (Å²) in [6, 6.07) is 3.55. The predicted molar refractivity (Wildman–Crippen MR) is 137 cm³/mol. The number of nitrogens with zero attached hydrogens (tertiary/aromatic N) is 6. The van der Waals surface area contributed by atoms with E-state index in [4.69, 9.17) is 37.1 Å². The van der Waals surface area contributed by atoms with Crippen molar-refractivity contribution < 1.29 is 18.7 Å². The largest absolute Gasteiger partial charge is 0.459 e. The van der Waals surface area contributed by atoms with Gasteiger partial charge >= 0.3 is 0 Å². The van der Waals surface area contributed by atoms with Crippen molar-refractivity contribution >= 4 is 63.3 Å². The number of piperidine rings is 2. The third-order valence-corrected chi connectivity index (χ3v) is 7.06. The molecule has 0 unspecified atom stereocenters. The highest BCUT2D eigenvalue weighted by atomic mass is 35.5. The van der Waals surface area contributed by atoms with E-state index < -0.39 is 0 Å². The Balaban J connectivity index is 0.000000148. The first-order valence-electron chi connectivity index (χ1n) is 11.9. The maximum Gasteiger partial charge on any atom is 0.225 e. The number of furan rings is 2. The molecule has 4 aromatic heterocycles. The van der Waals surface area contributed by atoms with Crippen molar-refractivity contribution in [1.82, 2.24) is 19.9 Å². The number of carbonyl (C=O) groups is 1. The van der Waals surface area contributed by atoms with Crippen molar-refractivity contribution in [3.05, 3.63) is 35.2 Å². The third kappa shape index (κ3) is 5.25. The van der Waals surface area contributed by atoms with Crippen LogP contribution in [0.2, 0.25) is 10.6 Å². The number of aliphatic hydroxyl groups is 1. The zero-order valence-corrected chi connectivity index (χ0v) is 21.0. The quantitative estimate of drug-likeness (QED) is 0.299. The minimum Gasteiger partial charge on any atom is -0.459 e. The van der Waals surface area contributed by atoms with E-state index >= 15 is 0 Å². The summed E-state index contributed by atoms with van der Waals surface area (Å²) in [5.41, 5.74) is 2.78. The van der Waals surface area contributed by atoms with Crippen molar-refractivity contribution in [2.45, 2.75) is 25.7 Å². The van der Waals surface area contributed by atoms with Crippen LogP contribution in [-0.2, 0) is 4.79 Å². The first-order chi connectivity index (χ1) is 17.6. The number of hydrogen-bond acceptors (Lipinski definition) is 10. The van der Waals surface area contributed by atoms with Gasteiger partial charge in [-0.15, -0.1) is 0 Å². The van der Waals surface area contributed by atoms with Crippen LogP contribution in [0.1, 0.15) is 25.7 Å². The minimum absolute atomic E-state index is 0.158. The lowest BCUT2D eigenvalue weighted by molar-refractivity contribution is -0.111. The van der Waals surface area contributed by atoms with Crippen LogP contribution in [0.15, 0.2) is 33.5 Å². The highest BCUT2D eigenvalue weighted by Gasteiger charge is 2.24. The Labute approximate surface area is 217 Å². The van der Waals surface area contributed by atoms with Gasteiger partial charge in [0, 0.05) is 50.8 Å². The zero-order chi connectivity index (χ0) is 25.1. The molecule has 0 saturated carbocycles. The molecular weight excluding hydrogens is 507 g/mol. The average molecular weight is 533 g/mol. The summed E-state index contributed by atoms with van der Waals surface area (Å²) < 4.78 is 10.9. The van der Waals surface area contributed by atoms with Crippen molar-refractivity contribution in [3.63, 3.8) is 0 Å². The number of aromatic nitrogens is 4. The van der Waals surface area contributed by atoms with Gasteiger partial charge in [0.05, 0.1) is 12.5 Å². The number of carbonyl (C=O) groups excluding carboxylic acids is 1. The van der Waals surface area contributed by atoms with Crippen molar-refractivity contribution in [2.24, 2.45) is 11.8 Å². The summed E-state index contributed by atoms with van der Waals surface area (Å²) in [4.78, 5) is 31.7. The molecule has 2 aliphatic heterocycles. The van der Waals surface area contributed by atoms with Gasteiger partial charge in [-0.1, -0.05) is 0 Å². The molecule has 36 heavy (non-hydrogen) atoms. The lowest BCUT2D eigenvalue weighted by atomic mass is 9.98. The molecule has 1 N–H and O–H groups in total. The molecule has 0 bridgehead atoms. The number of halogens is 2. The summed E-state index contributed by atoms with van der Waals surface area (Å²) in [6.45, 7) is 3.54. The van der Waals surface area contributed by atoms with E-state index in [-0.39, 0.29) is 23.1 Å². The number of hydrogen-bond donors (Lipinski definition) is 1. The van der Waals surface area contributed by atoms with Gasteiger partial charge in [-0.25, -0.2) is 9.97 Å². The molecule has 2 saturated heterocycles. The van der Waals surface area contributed by atoms with E-state index in [1.54, 1.807) is 24.7 Å². The van der Waals surface area contributed by atoms with E-state index in [1.807, 2.05) is 0 Å². The molecule has 12 heteroatoms. The monoisotopic (exact) mass is 532 g/mol. The van der Waals surface area contributed by atoms with Gasteiger partial charge in [0.15, 0.2) is 22.8 Å². The summed E-state index contributed by atoms with van der Waals surface area (Å²) in [5, 5.41) is 9.60. The molecule has 4 aromatic rings. The van der Waals surface area contributed by atoms with Gasteiger partial charge in [0.1, 0.15) is 17.3 Å². The second-order valence-corrected chi connectivity index (χ2v) is 9.65. The average Bonchev–Trinajstić information content (AvgIpc) is 3.58. The molecule has 10 nitrogen and oxygen atoms in total. The van der Waals surface area contributed by atoms with Gasteiger partial charge in [-0.05, 0) is 54.8 Å². The van der Waals surface area contributed by atoms with Gasteiger partial charge < -0.3 is 28.5 Å². The highest BCUT2D eigenvalue weighted by molar-refractivity contribution is 6.29. The minimum atomic E-state index is 0.158. The van der Waals surface area contributed by atoms with E-state index in [2.05, 4.69) is 29.7 Å². The predicted octanol–water partition coefficient (Wildman–Crippen LogP) is 4.38. The van der Waals surface area contributed by atoms with Crippen LogP contribution >= 0.6 is 23.2 Å². The Bertz CT molecular complexity index is 1330. The second-order valence-electron chi connectivity index (χ2n) is 8.98. The molecule has 0 amide bonds. The van der Waals surface area contributed by atoms with E-state index in [0.717, 1.165) is 75.3 Å². The normalized spacial score (nSPS) is 17.4. The first-order valence-corrected chi connectivity index (χ1v) is 12.7. The lowest BCUT2D eigenvalue weighted by Crippen LogP contribution is -2.35. The van der Waals surface area contributed by atoms with Crippen LogP contribution in [0.3, 0.4) is 0 Å². The third-order valence-electron chi connectivity index (χ3n) is 6.72. The second kappa shape index (κ2) is 11.0. The number of fused-ring (bicyclic) bond motifs is 2. The molecule has 6 rings (SSSR count). The van der Waals surface area contributed by atoms with Crippen molar-refractivity contribution in [1.29, 1.82) is 0 Å². The molecular formula is C24H26Cl2N6O4. The Morgan fingerprint density at radius 1 is 0.833 bits per heavy atom. The molecule has 0 aliphatic carbocycles. The fourth-order valence-corrected chi connectivity index (χ4v) is 4.99. The summed E-state index contributed by atoms with van der Waals surface area (Å²) in [7, 11) is 0. The first kappa shape index (κ1) is 24.7. The fourth-order valence-electron chi connectivity index (χ4n) is 4.64. The summed E-state index contributed by atoms with van der Waals surface area (Å²) >= 11 is 11.8. The van der Waals surface area contributed by atoms with Crippen LogP contribution in [0.25, 0.3) is 22.2 Å². The molecule has 6 heterocycles. The van der Waals surface area contributed by atoms with Crippen molar-refractivity contribution in [2.75, 3.05) is 42.6 Å². The smallest absolute Gasteiger partial charge is 0.225 e. The van der Waals surface area contributed by atoms with E-state index in [1.165, 1.54) is 0 Å². The zero-order valence-electron chi connectivity index (χ0n) is 19.5. The maximum atomic E-state index is 10.7. The van der Waals surface area contributed by atoms with Crippen LogP contribution in [0.5, 0.6) is 0 Å². The summed E-state index contributed by atoms with van der Waals surface area (Å²) in [5.74, 6) is 2.03. The fraction of sp³-hybridized carbons (Fsp3) is 0.458. The standard InChI is InChI=1S/C12H14ClN3O2.C12H12ClN3O2/c2*13-12-14-9-3-6-18-10(9)11(15-12)16-4-1-8(7-17)2-5-16/h3,6,8,17H,1-2,4-5,7H2;3,6-8H,1-2,4-5H2. The summed E-state index contributed by atoms with van der Waals surface area (Å²) in [6.07, 6.45) is 7.81. The number of rotatable bonds is 4. The molecule has 190 valence electrons. The molecule has 0 aromatic carbocycles. The Kier molecular flexibility index (Phi) is 7.54. The Morgan fingerprint density at radius 3 is 1.75 bits per heavy atom. The van der Waals surface area contributed by atoms with Gasteiger partial charge in [0.2, 0.25) is 10.6 Å². The molecule has 0 spiro atoms. The number of anilines is 2. The SMILES string of the molecule is O=CC1CCN(c2nc(Cl)nc3ccoc23)CC1.OCC1CCN(c2nc(Cl)nc3ccoc23)CC1. The van der Waals surface area contributed by atoms with Crippen LogP contribution in [-0.4, -0.2) is 64.1 Å². The molecule has 0 atom stereocenters. The van der Waals surface area contributed by atoms with Crippen LogP contribution in [0, 0.1) is 11.8 Å². The molecule has 0 radical (unpaired) electrons. The van der Waals surface area contributed by atoms with E-state index in [0.29, 0.717) is 22.6 Å². The van der Waals surface area contributed by atoms with Gasteiger partial charge in [0.25, 0.3) is 0 Å². The lowest BCUT2D eigenvalue weighted by Gasteiger charge is -2.31. The Hall–Kier alpha value is -2.95. The van der Waals surface area contributed by atoms with Gasteiger partial charge in [-0.3, -0.25) is 0 Å². The number of aldehydes is 1.